The average Bonchev–Trinajstić information content (AvgIpc) is 2.83. The third-order valence-electron chi connectivity index (χ3n) is 3.65. The molecule has 5 N–H and O–H groups in total. The van der Waals surface area contributed by atoms with E-state index in [4.69, 9.17) is 5.73 Å². The molecule has 5 heteroatoms. The largest absolute Gasteiger partial charge is 0.390 e. The zero-order valence-corrected chi connectivity index (χ0v) is 11.3. The number of aliphatic hydroxyl groups is 2. The van der Waals surface area contributed by atoms with E-state index in [0.29, 0.717) is 5.56 Å². The molecule has 3 aromatic rings. The highest BCUT2D eigenvalue weighted by Gasteiger charge is 2.21. The molecule has 1 heterocycles. The standard InChI is InChI=1S/C16H16N2O3/c17-15(20)8-14(19)16(21)9-5-6-13-11(7-9)10-3-1-2-4-12(10)18-13/h1-7,14,16,18-19,21H,8H2,(H2,17,20). The van der Waals surface area contributed by atoms with Gasteiger partial charge >= 0.3 is 0 Å². The molecule has 108 valence electrons. The highest BCUT2D eigenvalue weighted by Crippen LogP contribution is 2.29. The minimum absolute atomic E-state index is 0.271. The number of hydrogen-bond acceptors (Lipinski definition) is 3. The lowest BCUT2D eigenvalue weighted by Crippen LogP contribution is -2.25. The van der Waals surface area contributed by atoms with Gasteiger partial charge in [0.1, 0.15) is 6.10 Å². The van der Waals surface area contributed by atoms with Crippen LogP contribution in [0.1, 0.15) is 18.1 Å². The Labute approximate surface area is 121 Å². The first-order valence-corrected chi connectivity index (χ1v) is 6.71. The molecule has 1 aromatic heterocycles. The van der Waals surface area contributed by atoms with E-state index in [1.165, 1.54) is 0 Å². The molecule has 0 aliphatic carbocycles. The number of amides is 1. The van der Waals surface area contributed by atoms with Crippen LogP contribution in [0.3, 0.4) is 0 Å². The number of rotatable bonds is 4. The van der Waals surface area contributed by atoms with Gasteiger partial charge in [0, 0.05) is 21.8 Å². The van der Waals surface area contributed by atoms with Gasteiger partial charge < -0.3 is 20.9 Å². The molecule has 21 heavy (non-hydrogen) atoms. The molecule has 5 nitrogen and oxygen atoms in total. The molecule has 0 saturated carbocycles. The van der Waals surface area contributed by atoms with E-state index in [9.17, 15) is 15.0 Å². The fourth-order valence-electron chi connectivity index (χ4n) is 2.59. The molecule has 0 spiro atoms. The third kappa shape index (κ3) is 2.49. The second-order valence-electron chi connectivity index (χ2n) is 5.16. The van der Waals surface area contributed by atoms with Gasteiger partial charge in [-0.3, -0.25) is 4.79 Å². The minimum Gasteiger partial charge on any atom is -0.390 e. The SMILES string of the molecule is NC(=O)CC(O)C(O)c1ccc2[nH]c3ccccc3c2c1. The fraction of sp³-hybridized carbons (Fsp3) is 0.188. The van der Waals surface area contributed by atoms with Gasteiger partial charge in [-0.2, -0.15) is 0 Å². The number of hydrogen-bond donors (Lipinski definition) is 4. The number of primary amides is 1. The van der Waals surface area contributed by atoms with Crippen LogP contribution in [-0.2, 0) is 4.79 Å². The number of H-pyrrole nitrogens is 1. The number of carbonyl (C=O) groups is 1. The smallest absolute Gasteiger partial charge is 0.220 e. The molecule has 2 aromatic carbocycles. The van der Waals surface area contributed by atoms with Crippen molar-refractivity contribution in [1.29, 1.82) is 0 Å². The van der Waals surface area contributed by atoms with Gasteiger partial charge in [-0.05, 0) is 23.8 Å². The quantitative estimate of drug-likeness (QED) is 0.585. The minimum atomic E-state index is -1.20. The summed E-state index contributed by atoms with van der Waals surface area (Å²) >= 11 is 0. The zero-order chi connectivity index (χ0) is 15.0. The monoisotopic (exact) mass is 284 g/mol. The predicted molar refractivity (Wildman–Crippen MR) is 80.6 cm³/mol. The van der Waals surface area contributed by atoms with Gasteiger partial charge in [-0.25, -0.2) is 0 Å². The number of carbonyl (C=O) groups excluding carboxylic acids is 1. The summed E-state index contributed by atoms with van der Waals surface area (Å²) in [6.45, 7) is 0. The Hall–Kier alpha value is -2.37. The van der Waals surface area contributed by atoms with Gasteiger partial charge in [0.25, 0.3) is 0 Å². The van der Waals surface area contributed by atoms with Crippen molar-refractivity contribution in [2.24, 2.45) is 5.73 Å². The highest BCUT2D eigenvalue weighted by atomic mass is 16.3. The van der Waals surface area contributed by atoms with Crippen LogP contribution in [0.25, 0.3) is 21.8 Å². The van der Waals surface area contributed by atoms with Crippen molar-refractivity contribution in [1.82, 2.24) is 4.98 Å². The molecular formula is C16H16N2O3. The second-order valence-corrected chi connectivity index (χ2v) is 5.16. The molecule has 0 aliphatic heterocycles. The van der Waals surface area contributed by atoms with Crippen molar-refractivity contribution < 1.29 is 15.0 Å². The van der Waals surface area contributed by atoms with Gasteiger partial charge in [0.15, 0.2) is 0 Å². The van der Waals surface area contributed by atoms with Crippen LogP contribution < -0.4 is 5.73 Å². The molecule has 0 bridgehead atoms. The number of fused-ring (bicyclic) bond motifs is 3. The third-order valence-corrected chi connectivity index (χ3v) is 3.65. The van der Waals surface area contributed by atoms with E-state index >= 15 is 0 Å². The number of nitrogens with one attached hydrogen (secondary N) is 1. The number of nitrogens with two attached hydrogens (primary N) is 1. The first kappa shape index (κ1) is 13.6. The van der Waals surface area contributed by atoms with E-state index in [1.54, 1.807) is 6.07 Å². The fourth-order valence-corrected chi connectivity index (χ4v) is 2.59. The van der Waals surface area contributed by atoms with Crippen LogP contribution in [0.4, 0.5) is 0 Å². The van der Waals surface area contributed by atoms with Crippen molar-refractivity contribution >= 4 is 27.7 Å². The van der Waals surface area contributed by atoms with Gasteiger partial charge in [0.05, 0.1) is 12.5 Å². The van der Waals surface area contributed by atoms with E-state index < -0.39 is 18.1 Å². The van der Waals surface area contributed by atoms with E-state index in [2.05, 4.69) is 4.98 Å². The van der Waals surface area contributed by atoms with Gasteiger partial charge in [-0.1, -0.05) is 24.3 Å². The van der Waals surface area contributed by atoms with Crippen molar-refractivity contribution in [3.8, 4) is 0 Å². The Morgan fingerprint density at radius 3 is 2.57 bits per heavy atom. The Kier molecular flexibility index (Phi) is 3.37. The summed E-state index contributed by atoms with van der Waals surface area (Å²) in [5.74, 6) is -0.644. The normalized spacial score (nSPS) is 14.4. The van der Waals surface area contributed by atoms with Crippen molar-refractivity contribution in [3.63, 3.8) is 0 Å². The number of benzene rings is 2. The molecule has 2 atom stereocenters. The van der Waals surface area contributed by atoms with Crippen molar-refractivity contribution in [3.05, 3.63) is 48.0 Å². The van der Waals surface area contributed by atoms with E-state index in [0.717, 1.165) is 21.8 Å². The van der Waals surface area contributed by atoms with Crippen LogP contribution in [0.15, 0.2) is 42.5 Å². The van der Waals surface area contributed by atoms with Gasteiger partial charge in [-0.15, -0.1) is 0 Å². The lowest BCUT2D eigenvalue weighted by Gasteiger charge is -2.16. The number of para-hydroxylation sites is 1. The Morgan fingerprint density at radius 2 is 1.81 bits per heavy atom. The predicted octanol–water partition coefficient (Wildman–Crippen LogP) is 1.59. The molecule has 0 radical (unpaired) electrons. The molecule has 0 fully saturated rings. The molecule has 2 unspecified atom stereocenters. The average molecular weight is 284 g/mol. The topological polar surface area (TPSA) is 99.3 Å². The summed E-state index contributed by atoms with van der Waals surface area (Å²) in [6.07, 6.45) is -2.62. The van der Waals surface area contributed by atoms with Crippen molar-refractivity contribution in [2.75, 3.05) is 0 Å². The maximum absolute atomic E-state index is 10.8. The molecule has 0 saturated heterocycles. The van der Waals surface area contributed by atoms with Crippen LogP contribution in [0.2, 0.25) is 0 Å². The Bertz CT molecular complexity index is 809. The lowest BCUT2D eigenvalue weighted by atomic mass is 10.00. The van der Waals surface area contributed by atoms with E-state index in [1.807, 2.05) is 36.4 Å². The Morgan fingerprint density at radius 1 is 1.10 bits per heavy atom. The summed E-state index contributed by atoms with van der Waals surface area (Å²) in [5.41, 5.74) is 7.57. The number of aromatic nitrogens is 1. The number of aromatic amines is 1. The maximum Gasteiger partial charge on any atom is 0.220 e. The summed E-state index contributed by atoms with van der Waals surface area (Å²) in [4.78, 5) is 14.1. The molecule has 0 aliphatic rings. The summed E-state index contributed by atoms with van der Waals surface area (Å²) < 4.78 is 0. The summed E-state index contributed by atoms with van der Waals surface area (Å²) in [7, 11) is 0. The lowest BCUT2D eigenvalue weighted by molar-refractivity contribution is -0.121. The maximum atomic E-state index is 10.8. The van der Waals surface area contributed by atoms with Crippen LogP contribution >= 0.6 is 0 Å². The molecular weight excluding hydrogens is 268 g/mol. The first-order chi connectivity index (χ1) is 10.1. The highest BCUT2D eigenvalue weighted by molar-refractivity contribution is 6.07. The van der Waals surface area contributed by atoms with Crippen LogP contribution in [-0.4, -0.2) is 27.2 Å². The zero-order valence-electron chi connectivity index (χ0n) is 11.3. The Balaban J connectivity index is 2.03. The number of aliphatic hydroxyl groups excluding tert-OH is 2. The summed E-state index contributed by atoms with van der Waals surface area (Å²) in [5, 5.41) is 22.0. The van der Waals surface area contributed by atoms with Crippen LogP contribution in [0.5, 0.6) is 0 Å². The van der Waals surface area contributed by atoms with Gasteiger partial charge in [0.2, 0.25) is 5.91 Å². The molecule has 1 amide bonds. The van der Waals surface area contributed by atoms with Crippen molar-refractivity contribution in [2.45, 2.75) is 18.6 Å². The first-order valence-electron chi connectivity index (χ1n) is 6.71. The van der Waals surface area contributed by atoms with Crippen LogP contribution in [0, 0.1) is 0 Å². The second kappa shape index (κ2) is 5.20. The molecule has 3 rings (SSSR count). The summed E-state index contributed by atoms with van der Waals surface area (Å²) in [6, 6.07) is 13.3. The van der Waals surface area contributed by atoms with E-state index in [-0.39, 0.29) is 6.42 Å².